The topological polar surface area (TPSA) is 131 Å². The molecule has 17 heteroatoms. The zero-order valence-corrected chi connectivity index (χ0v) is 34.8. The second kappa shape index (κ2) is 16.8. The average Bonchev–Trinajstić information content (AvgIpc) is 3.83. The molecular weight excluding hydrogens is 792 g/mol. The van der Waals surface area contributed by atoms with Crippen LogP contribution in [0, 0.1) is 6.92 Å². The van der Waals surface area contributed by atoms with Crippen LogP contribution in [0.3, 0.4) is 0 Å². The molecule has 0 spiro atoms. The van der Waals surface area contributed by atoms with Crippen LogP contribution in [-0.4, -0.2) is 66.9 Å². The van der Waals surface area contributed by atoms with Crippen LogP contribution in [0.4, 0.5) is 18.9 Å². The Bertz CT molecular complexity index is 2290. The normalized spacial score (nSPS) is 16.0. The highest BCUT2D eigenvalue weighted by Crippen LogP contribution is 2.42. The van der Waals surface area contributed by atoms with Crippen molar-refractivity contribution in [1.29, 1.82) is 0 Å². The predicted molar refractivity (Wildman–Crippen MR) is 216 cm³/mol. The number of alkyl halides is 3. The minimum Gasteiger partial charge on any atom is -0.294 e. The molecule has 1 unspecified atom stereocenters. The van der Waals surface area contributed by atoms with Gasteiger partial charge < -0.3 is 0 Å². The Hall–Kier alpha value is -3.64. The predicted octanol–water partition coefficient (Wildman–Crippen LogP) is 8.52. The van der Waals surface area contributed by atoms with E-state index in [1.807, 2.05) is 32.9 Å². The fourth-order valence-electron chi connectivity index (χ4n) is 6.10. The van der Waals surface area contributed by atoms with E-state index in [1.165, 1.54) is 51.3 Å². The molecule has 2 heterocycles. The van der Waals surface area contributed by atoms with Gasteiger partial charge in [-0.25, -0.2) is 26.2 Å². The van der Waals surface area contributed by atoms with Gasteiger partial charge in [0.25, 0.3) is 0 Å². The molecule has 55 heavy (non-hydrogen) atoms. The van der Waals surface area contributed by atoms with E-state index in [0.717, 1.165) is 44.2 Å². The third-order valence-electron chi connectivity index (χ3n) is 8.66. The Morgan fingerprint density at radius 2 is 1.64 bits per heavy atom. The van der Waals surface area contributed by atoms with Gasteiger partial charge in [-0.3, -0.25) is 14.1 Å². The van der Waals surface area contributed by atoms with Gasteiger partial charge >= 0.3 is 6.18 Å². The molecule has 1 aromatic heterocycles. The number of fused-ring (bicyclic) bond motifs is 1. The first-order chi connectivity index (χ1) is 25.7. The van der Waals surface area contributed by atoms with Gasteiger partial charge in [0.15, 0.2) is 11.5 Å². The van der Waals surface area contributed by atoms with Crippen LogP contribution in [0.2, 0.25) is 0 Å². The number of rotatable bonds is 10. The summed E-state index contributed by atoms with van der Waals surface area (Å²) in [7, 11) is -7.13. The quantitative estimate of drug-likeness (QED) is 0.168. The number of hydrogen-bond acceptors (Lipinski definition) is 9. The smallest absolute Gasteiger partial charge is 0.294 e. The molecule has 0 bridgehead atoms. The fraction of sp³-hybridized carbons (Fsp3) is 0.395. The first-order valence-electron chi connectivity index (χ1n) is 17.6. The number of aliphatic imine (C=N–C) groups is 1. The third-order valence-corrected chi connectivity index (χ3v) is 14.0. The molecule has 10 nitrogen and oxygen atoms in total. The molecule has 0 amide bonds. The van der Waals surface area contributed by atoms with Gasteiger partial charge in [0.1, 0.15) is 4.38 Å². The summed E-state index contributed by atoms with van der Waals surface area (Å²) in [5.74, 6) is 1.09. The Labute approximate surface area is 329 Å². The Morgan fingerprint density at radius 3 is 2.18 bits per heavy atom. The van der Waals surface area contributed by atoms with Gasteiger partial charge in [0, 0.05) is 40.3 Å². The van der Waals surface area contributed by atoms with Crippen LogP contribution in [0.5, 0.6) is 0 Å². The van der Waals surface area contributed by atoms with Crippen molar-refractivity contribution in [2.75, 3.05) is 16.3 Å². The molecule has 1 N–H and O–H groups in total. The molecule has 2 aliphatic rings. The third kappa shape index (κ3) is 10.2. The Kier molecular flexibility index (Phi) is 13.0. The highest BCUT2D eigenvalue weighted by atomic mass is 32.2. The number of sulfonamides is 2. The maximum atomic E-state index is 13.3. The molecule has 0 saturated carbocycles. The van der Waals surface area contributed by atoms with E-state index in [-0.39, 0.29) is 28.5 Å². The number of Topliss-reactive ketones (excluding diaryl/α,β-unsaturated/α-hetero) is 1. The van der Waals surface area contributed by atoms with E-state index in [4.69, 9.17) is 4.99 Å². The van der Waals surface area contributed by atoms with Crippen molar-refractivity contribution in [3.63, 3.8) is 0 Å². The molecule has 0 saturated heterocycles. The Balaban J connectivity index is 0.000000212. The largest absolute Gasteiger partial charge is 0.435 e. The van der Waals surface area contributed by atoms with E-state index < -0.39 is 31.9 Å². The number of carbonyl (C=O) groups excluding carboxylic acids is 1. The minimum absolute atomic E-state index is 0.0232. The van der Waals surface area contributed by atoms with E-state index in [9.17, 15) is 34.8 Å². The molecule has 1 atom stereocenters. The van der Waals surface area contributed by atoms with Crippen molar-refractivity contribution in [2.45, 2.75) is 94.9 Å². The van der Waals surface area contributed by atoms with Gasteiger partial charge in [0.05, 0.1) is 34.3 Å². The fourth-order valence-corrected chi connectivity index (χ4v) is 11.1. The summed E-state index contributed by atoms with van der Waals surface area (Å²) in [6.07, 6.45) is -1.20. The number of nitrogens with one attached hydrogen (secondary N) is 1. The number of aromatic nitrogens is 2. The lowest BCUT2D eigenvalue weighted by Crippen LogP contribution is -2.36. The highest BCUT2D eigenvalue weighted by molar-refractivity contribution is 8.39. The van der Waals surface area contributed by atoms with Crippen molar-refractivity contribution in [3.05, 3.63) is 89.1 Å². The van der Waals surface area contributed by atoms with Crippen LogP contribution in [0.1, 0.15) is 74.6 Å². The van der Waals surface area contributed by atoms with Gasteiger partial charge in [0.2, 0.25) is 20.0 Å². The second-order valence-electron chi connectivity index (χ2n) is 13.9. The lowest BCUT2D eigenvalue weighted by Gasteiger charge is -2.29. The van der Waals surface area contributed by atoms with E-state index in [1.54, 1.807) is 49.9 Å². The summed E-state index contributed by atoms with van der Waals surface area (Å²) in [5, 5.41) is 3.72. The van der Waals surface area contributed by atoms with Gasteiger partial charge in [-0.05, 0) is 95.5 Å². The molecular formula is C38H44F3N5O5S4. The lowest BCUT2D eigenvalue weighted by molar-refractivity contribution is -0.141. The minimum atomic E-state index is -4.60. The number of thioether (sulfide) groups is 2. The zero-order chi connectivity index (χ0) is 40.5. The van der Waals surface area contributed by atoms with Crippen molar-refractivity contribution >= 4 is 59.4 Å². The lowest BCUT2D eigenvalue weighted by atomic mass is 10.1. The van der Waals surface area contributed by atoms with E-state index in [0.29, 0.717) is 35.8 Å². The molecule has 3 aromatic carbocycles. The SMILES string of the molecule is CCC1CSC(Sc2cc3c(cc2N(C(C)C)S(C)(=O)=O)CCC3=O)=N1.Cc1ccc(-c2cc(C(F)(F)F)nn2-c2ccc(S(=O)(=O)NC(C)C)cc2)cc1. The van der Waals surface area contributed by atoms with Crippen LogP contribution in [0.15, 0.2) is 81.5 Å². The van der Waals surface area contributed by atoms with Crippen LogP contribution in [0.25, 0.3) is 16.9 Å². The molecule has 0 fully saturated rings. The number of carbonyl (C=O) groups is 1. The van der Waals surface area contributed by atoms with Crippen LogP contribution in [-0.2, 0) is 32.6 Å². The monoisotopic (exact) mass is 835 g/mol. The molecule has 0 radical (unpaired) electrons. The maximum Gasteiger partial charge on any atom is 0.435 e. The van der Waals surface area contributed by atoms with Crippen LogP contribution < -0.4 is 9.03 Å². The van der Waals surface area contributed by atoms with E-state index >= 15 is 0 Å². The summed E-state index contributed by atoms with van der Waals surface area (Å²) >= 11 is 3.18. The number of aryl methyl sites for hydroxylation is 2. The van der Waals surface area contributed by atoms with Gasteiger partial charge in [-0.1, -0.05) is 60.3 Å². The molecule has 4 aromatic rings. The average molecular weight is 836 g/mol. The van der Waals surface area contributed by atoms with Gasteiger partial charge in [-0.15, -0.1) is 0 Å². The summed E-state index contributed by atoms with van der Waals surface area (Å²) in [5.41, 5.74) is 3.42. The summed E-state index contributed by atoms with van der Waals surface area (Å²) < 4.78 is 95.2. The molecule has 296 valence electrons. The first-order valence-corrected chi connectivity index (χ1v) is 22.8. The second-order valence-corrected chi connectivity index (χ2v) is 19.8. The standard InChI is InChI=1S/C20H20F3N3O2S.C18H24N2O3S3/c1-13(2)25-29(27,28)17-10-8-16(9-11-17)26-18(12-19(24-26)20(21,22)23)15-6-4-14(3)5-7-15;1-5-13-10-24-18(19-13)25-17-9-14-12(6-7-16(14)21)8-15(17)20(11(2)3)26(4,22)23/h4-13,25H,1-3H3;8-9,11,13H,5-7,10H2,1-4H3. The van der Waals surface area contributed by atoms with E-state index in [2.05, 4.69) is 16.7 Å². The zero-order valence-electron chi connectivity index (χ0n) is 31.5. The maximum absolute atomic E-state index is 13.3. The van der Waals surface area contributed by atoms with Gasteiger partial charge in [-0.2, -0.15) is 18.3 Å². The van der Waals surface area contributed by atoms with Crippen molar-refractivity contribution in [2.24, 2.45) is 4.99 Å². The number of hydrogen-bond donors (Lipinski definition) is 1. The first kappa shape index (κ1) is 42.5. The highest BCUT2D eigenvalue weighted by Gasteiger charge is 2.35. The van der Waals surface area contributed by atoms with Crippen molar-refractivity contribution in [3.8, 4) is 16.9 Å². The van der Waals surface area contributed by atoms with Crippen molar-refractivity contribution < 1.29 is 34.8 Å². The number of anilines is 1. The summed E-state index contributed by atoms with van der Waals surface area (Å²) in [6, 6.07) is 17.1. The molecule has 6 rings (SSSR count). The Morgan fingerprint density at radius 1 is 0.982 bits per heavy atom. The number of nitrogens with zero attached hydrogens (tertiary/aromatic N) is 4. The number of benzene rings is 3. The number of ketones is 1. The molecule has 1 aliphatic heterocycles. The molecule has 1 aliphatic carbocycles. The summed E-state index contributed by atoms with van der Waals surface area (Å²) in [6.45, 7) is 11.1. The van der Waals surface area contributed by atoms with Crippen molar-refractivity contribution in [1.82, 2.24) is 14.5 Å². The van der Waals surface area contributed by atoms with Crippen LogP contribution >= 0.6 is 23.5 Å². The summed E-state index contributed by atoms with van der Waals surface area (Å²) in [4.78, 5) is 17.7. The number of halogens is 3.